The minimum absolute atomic E-state index is 0.106. The number of aliphatic hydroxyl groups excluding tert-OH is 1. The van der Waals surface area contributed by atoms with Gasteiger partial charge in [-0.1, -0.05) is 25.4 Å². The quantitative estimate of drug-likeness (QED) is 0.894. The van der Waals surface area contributed by atoms with Crippen LogP contribution in [0.4, 0.5) is 0 Å². The van der Waals surface area contributed by atoms with Gasteiger partial charge in [0.25, 0.3) is 0 Å². The summed E-state index contributed by atoms with van der Waals surface area (Å²) in [5, 5.41) is 10.4. The van der Waals surface area contributed by atoms with Gasteiger partial charge in [-0.05, 0) is 54.0 Å². The van der Waals surface area contributed by atoms with E-state index in [0.29, 0.717) is 5.02 Å². The van der Waals surface area contributed by atoms with E-state index >= 15 is 0 Å². The van der Waals surface area contributed by atoms with Gasteiger partial charge in [0.1, 0.15) is 5.75 Å². The fourth-order valence-electron chi connectivity index (χ4n) is 2.81. The summed E-state index contributed by atoms with van der Waals surface area (Å²) in [6, 6.07) is 5.65. The Balaban J connectivity index is 2.50. The fraction of sp³-hybridized carbons (Fsp3) is 0.500. The van der Waals surface area contributed by atoms with Crippen molar-refractivity contribution in [3.8, 4) is 5.75 Å². The first kappa shape index (κ1) is 14.4. The van der Waals surface area contributed by atoms with Gasteiger partial charge in [0.2, 0.25) is 0 Å². The normalized spacial score (nSPS) is 18.6. The predicted octanol–water partition coefficient (Wildman–Crippen LogP) is 4.30. The molecular formula is C16H21ClO2. The van der Waals surface area contributed by atoms with E-state index in [1.807, 2.05) is 18.2 Å². The van der Waals surface area contributed by atoms with Gasteiger partial charge in [0.15, 0.2) is 0 Å². The SMILES string of the molecule is COc1ccc(Cl)cc1C1=C(CO)CC(C)(C)CC1. The third-order valence-corrected chi connectivity index (χ3v) is 4.08. The molecule has 1 N–H and O–H groups in total. The third kappa shape index (κ3) is 3.13. The molecule has 0 atom stereocenters. The van der Waals surface area contributed by atoms with Crippen LogP contribution in [0, 0.1) is 5.41 Å². The number of aliphatic hydroxyl groups is 1. The average molecular weight is 281 g/mol. The van der Waals surface area contributed by atoms with Crippen LogP contribution in [0.15, 0.2) is 23.8 Å². The Labute approximate surface area is 120 Å². The summed E-state index contributed by atoms with van der Waals surface area (Å²) in [6.45, 7) is 4.59. The summed E-state index contributed by atoms with van der Waals surface area (Å²) >= 11 is 6.10. The first-order chi connectivity index (χ1) is 8.96. The second-order valence-corrected chi connectivity index (χ2v) is 6.36. The summed E-state index contributed by atoms with van der Waals surface area (Å²) in [6.07, 6.45) is 3.00. The second-order valence-electron chi connectivity index (χ2n) is 5.93. The average Bonchev–Trinajstić information content (AvgIpc) is 2.37. The summed E-state index contributed by atoms with van der Waals surface area (Å²) in [5.41, 5.74) is 3.58. The summed E-state index contributed by atoms with van der Waals surface area (Å²) in [7, 11) is 1.67. The number of benzene rings is 1. The lowest BCUT2D eigenvalue weighted by Gasteiger charge is -2.33. The van der Waals surface area contributed by atoms with Crippen LogP contribution in [-0.4, -0.2) is 18.8 Å². The molecule has 19 heavy (non-hydrogen) atoms. The van der Waals surface area contributed by atoms with Crippen molar-refractivity contribution in [1.82, 2.24) is 0 Å². The number of rotatable bonds is 3. The van der Waals surface area contributed by atoms with Crippen LogP contribution < -0.4 is 4.74 Å². The van der Waals surface area contributed by atoms with E-state index in [1.54, 1.807) is 7.11 Å². The van der Waals surface area contributed by atoms with Crippen molar-refractivity contribution in [3.63, 3.8) is 0 Å². The van der Waals surface area contributed by atoms with Crippen LogP contribution in [-0.2, 0) is 0 Å². The molecule has 0 saturated heterocycles. The van der Waals surface area contributed by atoms with E-state index in [9.17, 15) is 5.11 Å². The standard InChI is InChI=1S/C16H21ClO2/c1-16(2)7-6-13(11(9-16)10-18)14-8-12(17)4-5-15(14)19-3/h4-5,8,18H,6-7,9-10H2,1-3H3. The Morgan fingerprint density at radius 3 is 2.74 bits per heavy atom. The lowest BCUT2D eigenvalue weighted by Crippen LogP contribution is -2.19. The molecule has 3 heteroatoms. The Bertz CT molecular complexity index is 503. The summed E-state index contributed by atoms with van der Waals surface area (Å²) < 4.78 is 5.42. The number of hydrogen-bond donors (Lipinski definition) is 1. The topological polar surface area (TPSA) is 29.5 Å². The molecule has 0 bridgehead atoms. The molecule has 1 aromatic rings. The third-order valence-electron chi connectivity index (χ3n) is 3.85. The second kappa shape index (κ2) is 5.56. The van der Waals surface area contributed by atoms with Gasteiger partial charge < -0.3 is 9.84 Å². The van der Waals surface area contributed by atoms with Crippen LogP contribution in [0.25, 0.3) is 5.57 Å². The van der Waals surface area contributed by atoms with Crippen LogP contribution in [0.3, 0.4) is 0 Å². The molecule has 0 aromatic heterocycles. The van der Waals surface area contributed by atoms with E-state index in [1.165, 1.54) is 5.57 Å². The van der Waals surface area contributed by atoms with Crippen molar-refractivity contribution in [2.45, 2.75) is 33.1 Å². The molecule has 2 nitrogen and oxygen atoms in total. The maximum Gasteiger partial charge on any atom is 0.126 e. The van der Waals surface area contributed by atoms with Crippen molar-refractivity contribution < 1.29 is 9.84 Å². The van der Waals surface area contributed by atoms with Gasteiger partial charge in [0, 0.05) is 10.6 Å². The van der Waals surface area contributed by atoms with E-state index in [0.717, 1.165) is 36.1 Å². The number of ether oxygens (including phenoxy) is 1. The van der Waals surface area contributed by atoms with Crippen LogP contribution in [0.1, 0.15) is 38.7 Å². The summed E-state index contributed by atoms with van der Waals surface area (Å²) in [4.78, 5) is 0. The van der Waals surface area contributed by atoms with Gasteiger partial charge in [-0.3, -0.25) is 0 Å². The maximum atomic E-state index is 9.66. The van der Waals surface area contributed by atoms with Gasteiger partial charge in [-0.25, -0.2) is 0 Å². The molecule has 1 aliphatic carbocycles. The highest BCUT2D eigenvalue weighted by Crippen LogP contribution is 2.44. The Morgan fingerprint density at radius 2 is 2.11 bits per heavy atom. The summed E-state index contributed by atoms with van der Waals surface area (Å²) in [5.74, 6) is 0.824. The van der Waals surface area contributed by atoms with Crippen LogP contribution >= 0.6 is 11.6 Å². The number of hydrogen-bond acceptors (Lipinski definition) is 2. The molecule has 0 spiro atoms. The van der Waals surface area contributed by atoms with Crippen LogP contribution in [0.5, 0.6) is 5.75 Å². The van der Waals surface area contributed by atoms with E-state index < -0.39 is 0 Å². The number of methoxy groups -OCH3 is 1. The molecule has 0 aliphatic heterocycles. The fourth-order valence-corrected chi connectivity index (χ4v) is 2.98. The molecule has 0 fully saturated rings. The number of allylic oxidation sites excluding steroid dienone is 1. The Kier molecular flexibility index (Phi) is 4.22. The largest absolute Gasteiger partial charge is 0.496 e. The van der Waals surface area contributed by atoms with Gasteiger partial charge >= 0.3 is 0 Å². The highest BCUT2D eigenvalue weighted by Gasteiger charge is 2.28. The van der Waals surface area contributed by atoms with Crippen molar-refractivity contribution >= 4 is 17.2 Å². The molecule has 2 rings (SSSR count). The molecule has 104 valence electrons. The minimum Gasteiger partial charge on any atom is -0.496 e. The highest BCUT2D eigenvalue weighted by molar-refractivity contribution is 6.30. The van der Waals surface area contributed by atoms with Crippen molar-refractivity contribution in [2.75, 3.05) is 13.7 Å². The smallest absolute Gasteiger partial charge is 0.126 e. The Hall–Kier alpha value is -0.990. The first-order valence-corrected chi connectivity index (χ1v) is 7.00. The Morgan fingerprint density at radius 1 is 1.37 bits per heavy atom. The van der Waals surface area contributed by atoms with Crippen molar-refractivity contribution in [2.24, 2.45) is 5.41 Å². The molecule has 0 amide bonds. The lowest BCUT2D eigenvalue weighted by molar-refractivity contribution is 0.275. The molecule has 0 saturated carbocycles. The zero-order valence-corrected chi connectivity index (χ0v) is 12.5. The molecule has 0 unspecified atom stereocenters. The van der Waals surface area contributed by atoms with Crippen LogP contribution in [0.2, 0.25) is 5.02 Å². The zero-order valence-electron chi connectivity index (χ0n) is 11.8. The molecule has 0 heterocycles. The highest BCUT2D eigenvalue weighted by atomic mass is 35.5. The number of halogens is 1. The minimum atomic E-state index is 0.106. The van der Waals surface area contributed by atoms with Gasteiger partial charge in [0.05, 0.1) is 13.7 Å². The molecule has 1 aliphatic rings. The molecular weight excluding hydrogens is 260 g/mol. The van der Waals surface area contributed by atoms with E-state index in [2.05, 4.69) is 13.8 Å². The lowest BCUT2D eigenvalue weighted by atomic mass is 9.73. The van der Waals surface area contributed by atoms with Gasteiger partial charge in [-0.15, -0.1) is 0 Å². The molecule has 1 aromatic carbocycles. The van der Waals surface area contributed by atoms with E-state index in [-0.39, 0.29) is 12.0 Å². The zero-order chi connectivity index (χ0) is 14.0. The van der Waals surface area contributed by atoms with Gasteiger partial charge in [-0.2, -0.15) is 0 Å². The predicted molar refractivity (Wildman–Crippen MR) is 79.6 cm³/mol. The first-order valence-electron chi connectivity index (χ1n) is 6.62. The maximum absolute atomic E-state index is 9.66. The van der Waals surface area contributed by atoms with Crippen molar-refractivity contribution in [3.05, 3.63) is 34.4 Å². The van der Waals surface area contributed by atoms with Crippen molar-refractivity contribution in [1.29, 1.82) is 0 Å². The molecule has 0 radical (unpaired) electrons. The monoisotopic (exact) mass is 280 g/mol. The van der Waals surface area contributed by atoms with E-state index in [4.69, 9.17) is 16.3 Å².